The number of anilines is 1. The molecule has 0 saturated carbocycles. The first-order valence-electron chi connectivity index (χ1n) is 6.53. The summed E-state index contributed by atoms with van der Waals surface area (Å²) in [5.74, 6) is 0.867. The van der Waals surface area contributed by atoms with Gasteiger partial charge in [0.05, 0.1) is 11.5 Å². The molecule has 1 N–H and O–H groups in total. The first kappa shape index (κ1) is 14.3. The van der Waals surface area contributed by atoms with Crippen LogP contribution in [0.15, 0.2) is 54.1 Å². The van der Waals surface area contributed by atoms with E-state index in [9.17, 15) is 4.79 Å². The molecule has 3 nitrogen and oxygen atoms in total. The summed E-state index contributed by atoms with van der Waals surface area (Å²) in [6, 6.07) is 11.3. The summed E-state index contributed by atoms with van der Waals surface area (Å²) in [6.45, 7) is 2.80. The maximum atomic E-state index is 11.7. The smallest absolute Gasteiger partial charge is 0.197 e. The van der Waals surface area contributed by atoms with Crippen molar-refractivity contribution >= 4 is 22.8 Å². The van der Waals surface area contributed by atoms with Crippen molar-refractivity contribution in [2.24, 2.45) is 0 Å². The summed E-state index contributed by atoms with van der Waals surface area (Å²) >= 11 is 1.44. The van der Waals surface area contributed by atoms with Gasteiger partial charge in [0.25, 0.3) is 0 Å². The molecule has 104 valence electrons. The number of allylic oxidation sites excluding steroid dienone is 1. The maximum absolute atomic E-state index is 11.7. The van der Waals surface area contributed by atoms with Gasteiger partial charge in [0.1, 0.15) is 5.75 Å². The third-order valence-corrected chi connectivity index (χ3v) is 3.46. The Morgan fingerprint density at radius 1 is 1.30 bits per heavy atom. The molecule has 0 aliphatic carbocycles. The van der Waals surface area contributed by atoms with Crippen LogP contribution in [0.2, 0.25) is 0 Å². The molecular weight excluding hydrogens is 270 g/mol. The SMILES string of the molecule is CCCOc1ccc(N/C=C/C(=O)c2cccs2)cc1. The Kier molecular flexibility index (Phi) is 5.38. The number of ketones is 1. The van der Waals surface area contributed by atoms with E-state index >= 15 is 0 Å². The predicted octanol–water partition coefficient (Wildman–Crippen LogP) is 4.35. The lowest BCUT2D eigenvalue weighted by atomic mass is 10.3. The molecule has 1 heterocycles. The van der Waals surface area contributed by atoms with Crippen molar-refractivity contribution in [2.75, 3.05) is 11.9 Å². The second-order valence-electron chi connectivity index (χ2n) is 4.19. The van der Waals surface area contributed by atoms with Crippen LogP contribution in [-0.2, 0) is 0 Å². The van der Waals surface area contributed by atoms with Crippen molar-refractivity contribution in [2.45, 2.75) is 13.3 Å². The standard InChI is InChI=1S/C16H17NO2S/c1-2-11-19-14-7-5-13(6-8-14)17-10-9-15(18)16-4-3-12-20-16/h3-10,12,17H,2,11H2,1H3/b10-9+. The van der Waals surface area contributed by atoms with Crippen molar-refractivity contribution in [1.29, 1.82) is 0 Å². The van der Waals surface area contributed by atoms with Gasteiger partial charge in [-0.3, -0.25) is 4.79 Å². The summed E-state index contributed by atoms with van der Waals surface area (Å²) in [5, 5.41) is 4.96. The van der Waals surface area contributed by atoms with Crippen LogP contribution in [0, 0.1) is 0 Å². The van der Waals surface area contributed by atoms with Crippen LogP contribution < -0.4 is 10.1 Å². The Balaban J connectivity index is 1.86. The number of rotatable bonds is 7. The molecule has 0 bridgehead atoms. The highest BCUT2D eigenvalue weighted by Gasteiger charge is 2.01. The predicted molar refractivity (Wildman–Crippen MR) is 83.6 cm³/mol. The molecule has 4 heteroatoms. The number of ether oxygens (including phenoxy) is 1. The summed E-state index contributed by atoms with van der Waals surface area (Å²) in [7, 11) is 0. The highest BCUT2D eigenvalue weighted by Crippen LogP contribution is 2.16. The van der Waals surface area contributed by atoms with Crippen molar-refractivity contribution in [3.8, 4) is 5.75 Å². The molecule has 0 amide bonds. The molecule has 0 aliphatic rings. The van der Waals surface area contributed by atoms with E-state index in [2.05, 4.69) is 12.2 Å². The number of benzene rings is 1. The lowest BCUT2D eigenvalue weighted by Crippen LogP contribution is -1.95. The first-order valence-corrected chi connectivity index (χ1v) is 7.41. The zero-order chi connectivity index (χ0) is 14.2. The second kappa shape index (κ2) is 7.50. The lowest BCUT2D eigenvalue weighted by Gasteiger charge is -2.05. The number of nitrogens with one attached hydrogen (secondary N) is 1. The minimum atomic E-state index is 0.00963. The Morgan fingerprint density at radius 3 is 2.75 bits per heavy atom. The average molecular weight is 287 g/mol. The molecule has 0 aliphatic heterocycles. The minimum Gasteiger partial charge on any atom is -0.494 e. The molecule has 0 radical (unpaired) electrons. The Labute approximate surface area is 122 Å². The Hall–Kier alpha value is -2.07. The molecule has 1 aromatic carbocycles. The van der Waals surface area contributed by atoms with Crippen molar-refractivity contribution in [3.63, 3.8) is 0 Å². The number of carbonyl (C=O) groups is 1. The summed E-state index contributed by atoms with van der Waals surface area (Å²) in [5.41, 5.74) is 0.920. The third kappa shape index (κ3) is 4.24. The van der Waals surface area contributed by atoms with E-state index in [4.69, 9.17) is 4.74 Å². The largest absolute Gasteiger partial charge is 0.494 e. The van der Waals surface area contributed by atoms with Gasteiger partial charge in [0.2, 0.25) is 0 Å². The molecule has 20 heavy (non-hydrogen) atoms. The van der Waals surface area contributed by atoms with E-state index < -0.39 is 0 Å². The monoisotopic (exact) mass is 287 g/mol. The van der Waals surface area contributed by atoms with E-state index in [0.29, 0.717) is 0 Å². The van der Waals surface area contributed by atoms with E-state index in [1.54, 1.807) is 6.20 Å². The molecule has 0 saturated heterocycles. The Morgan fingerprint density at radius 2 is 2.10 bits per heavy atom. The van der Waals surface area contributed by atoms with Gasteiger partial charge in [-0.1, -0.05) is 13.0 Å². The van der Waals surface area contributed by atoms with Crippen LogP contribution in [0.4, 0.5) is 5.69 Å². The van der Waals surface area contributed by atoms with Crippen LogP contribution in [-0.4, -0.2) is 12.4 Å². The molecule has 0 fully saturated rings. The van der Waals surface area contributed by atoms with Crippen LogP contribution in [0.3, 0.4) is 0 Å². The highest BCUT2D eigenvalue weighted by molar-refractivity contribution is 7.12. The van der Waals surface area contributed by atoms with Gasteiger partial charge in [-0.2, -0.15) is 0 Å². The highest BCUT2D eigenvalue weighted by atomic mass is 32.1. The molecular formula is C16H17NO2S. The zero-order valence-electron chi connectivity index (χ0n) is 11.3. The second-order valence-corrected chi connectivity index (χ2v) is 5.14. The van der Waals surface area contributed by atoms with Gasteiger partial charge < -0.3 is 10.1 Å². The number of thiophene rings is 1. The van der Waals surface area contributed by atoms with E-state index in [-0.39, 0.29) is 5.78 Å². The minimum absolute atomic E-state index is 0.00963. The van der Waals surface area contributed by atoms with Crippen molar-refractivity contribution < 1.29 is 9.53 Å². The Bertz CT molecular complexity index is 559. The molecule has 2 aromatic rings. The first-order chi connectivity index (χ1) is 9.79. The van der Waals surface area contributed by atoms with Crippen molar-refractivity contribution in [3.05, 3.63) is 58.9 Å². The van der Waals surface area contributed by atoms with Crippen molar-refractivity contribution in [1.82, 2.24) is 0 Å². The van der Waals surface area contributed by atoms with E-state index in [1.165, 1.54) is 17.4 Å². The van der Waals surface area contributed by atoms with E-state index in [1.807, 2.05) is 41.8 Å². The maximum Gasteiger partial charge on any atom is 0.197 e. The van der Waals surface area contributed by atoms with Gasteiger partial charge in [0.15, 0.2) is 5.78 Å². The van der Waals surface area contributed by atoms with Crippen LogP contribution >= 0.6 is 11.3 Å². The molecule has 0 unspecified atom stereocenters. The van der Waals surface area contributed by atoms with E-state index in [0.717, 1.165) is 29.3 Å². The van der Waals surface area contributed by atoms with Crippen LogP contribution in [0.5, 0.6) is 5.75 Å². The van der Waals surface area contributed by atoms with Gasteiger partial charge in [0, 0.05) is 18.0 Å². The molecule has 1 aromatic heterocycles. The summed E-state index contributed by atoms with van der Waals surface area (Å²) in [6.07, 6.45) is 4.19. The fraction of sp³-hybridized carbons (Fsp3) is 0.188. The topological polar surface area (TPSA) is 38.3 Å². The van der Waals surface area contributed by atoms with Gasteiger partial charge in [-0.15, -0.1) is 11.3 Å². The molecule has 0 spiro atoms. The van der Waals surface area contributed by atoms with Gasteiger partial charge in [-0.05, 0) is 42.1 Å². The fourth-order valence-corrected chi connectivity index (χ4v) is 2.23. The summed E-state index contributed by atoms with van der Waals surface area (Å²) in [4.78, 5) is 12.5. The zero-order valence-corrected chi connectivity index (χ0v) is 12.2. The lowest BCUT2D eigenvalue weighted by molar-refractivity contribution is 0.105. The van der Waals surface area contributed by atoms with Crippen LogP contribution in [0.1, 0.15) is 23.0 Å². The van der Waals surface area contributed by atoms with Crippen LogP contribution in [0.25, 0.3) is 0 Å². The normalized spacial score (nSPS) is 10.7. The molecule has 2 rings (SSSR count). The van der Waals surface area contributed by atoms with Gasteiger partial charge in [-0.25, -0.2) is 0 Å². The van der Waals surface area contributed by atoms with Gasteiger partial charge >= 0.3 is 0 Å². The average Bonchev–Trinajstić information content (AvgIpc) is 3.00. The third-order valence-electron chi connectivity index (χ3n) is 2.58. The molecule has 0 atom stereocenters. The fourth-order valence-electron chi connectivity index (χ4n) is 1.58. The number of carbonyl (C=O) groups excluding carboxylic acids is 1. The number of hydrogen-bond acceptors (Lipinski definition) is 4. The quantitative estimate of drug-likeness (QED) is 0.608. The number of hydrogen-bond donors (Lipinski definition) is 1. The summed E-state index contributed by atoms with van der Waals surface area (Å²) < 4.78 is 5.50.